The lowest BCUT2D eigenvalue weighted by molar-refractivity contribution is 0.497. The summed E-state index contributed by atoms with van der Waals surface area (Å²) in [6, 6.07) is 7.42. The summed E-state index contributed by atoms with van der Waals surface area (Å²) in [5.41, 5.74) is 1.69. The van der Waals surface area contributed by atoms with Crippen LogP contribution in [0.25, 0.3) is 21.9 Å². The number of benzene rings is 1. The molecule has 0 radical (unpaired) electrons. The van der Waals surface area contributed by atoms with Gasteiger partial charge in [-0.2, -0.15) is 5.10 Å². The van der Waals surface area contributed by atoms with E-state index < -0.39 is 0 Å². The lowest BCUT2D eigenvalue weighted by atomic mass is 9.93. The third kappa shape index (κ3) is 4.03. The molecule has 2 heterocycles. The summed E-state index contributed by atoms with van der Waals surface area (Å²) in [7, 11) is 0. The van der Waals surface area contributed by atoms with Crippen molar-refractivity contribution < 1.29 is 0 Å². The standard InChI is InChI=1S/C21H24N6/c1-20(2,3)18-24-17(25-19(26-18)21(4,5)6)14-11-15(22-7)13-16(12-14)27-10-8-9-23-27/h8-13H,1-6H3. The predicted octanol–water partition coefficient (Wildman–Crippen LogP) is 4.87. The molecule has 0 aliphatic heterocycles. The summed E-state index contributed by atoms with van der Waals surface area (Å²) in [6.07, 6.45) is 3.56. The molecular formula is C21H24N6. The first kappa shape index (κ1) is 18.7. The lowest BCUT2D eigenvalue weighted by Gasteiger charge is -2.22. The Morgan fingerprint density at radius 2 is 1.52 bits per heavy atom. The third-order valence-corrected chi connectivity index (χ3v) is 4.04. The van der Waals surface area contributed by atoms with Gasteiger partial charge in [-0.05, 0) is 24.3 Å². The van der Waals surface area contributed by atoms with Crippen LogP contribution in [0.4, 0.5) is 5.69 Å². The zero-order valence-electron chi connectivity index (χ0n) is 16.6. The summed E-state index contributed by atoms with van der Waals surface area (Å²) in [5, 5.41) is 4.27. The Bertz CT molecular complexity index is 966. The highest BCUT2D eigenvalue weighted by Gasteiger charge is 2.25. The van der Waals surface area contributed by atoms with E-state index in [0.717, 1.165) is 22.9 Å². The average molecular weight is 360 g/mol. The maximum Gasteiger partial charge on any atom is 0.190 e. The van der Waals surface area contributed by atoms with E-state index in [0.29, 0.717) is 11.5 Å². The van der Waals surface area contributed by atoms with Gasteiger partial charge in [0.15, 0.2) is 11.5 Å². The van der Waals surface area contributed by atoms with Crippen molar-refractivity contribution in [2.75, 3.05) is 0 Å². The lowest BCUT2D eigenvalue weighted by Crippen LogP contribution is -2.24. The van der Waals surface area contributed by atoms with Crippen LogP contribution >= 0.6 is 0 Å². The van der Waals surface area contributed by atoms with Gasteiger partial charge in [-0.1, -0.05) is 41.5 Å². The van der Waals surface area contributed by atoms with Gasteiger partial charge < -0.3 is 0 Å². The SMILES string of the molecule is [C-]#[N+]c1cc(-c2nc(C(C)(C)C)nc(C(C)(C)C)n2)cc(-n2cccn2)c1. The molecule has 27 heavy (non-hydrogen) atoms. The van der Waals surface area contributed by atoms with Crippen LogP contribution in [-0.2, 0) is 10.8 Å². The Labute approximate surface area is 160 Å². The summed E-state index contributed by atoms with van der Waals surface area (Å²) < 4.78 is 1.73. The highest BCUT2D eigenvalue weighted by atomic mass is 15.3. The molecule has 0 aliphatic carbocycles. The van der Waals surface area contributed by atoms with Crippen molar-refractivity contribution in [1.82, 2.24) is 24.7 Å². The van der Waals surface area contributed by atoms with E-state index in [9.17, 15) is 0 Å². The van der Waals surface area contributed by atoms with Crippen LogP contribution < -0.4 is 0 Å². The van der Waals surface area contributed by atoms with Crippen molar-refractivity contribution in [1.29, 1.82) is 0 Å². The average Bonchev–Trinajstić information content (AvgIpc) is 3.14. The Kier molecular flexibility index (Phi) is 4.56. The van der Waals surface area contributed by atoms with Crippen LogP contribution in [-0.4, -0.2) is 24.7 Å². The molecule has 0 atom stereocenters. The molecule has 3 rings (SSSR count). The van der Waals surface area contributed by atoms with E-state index >= 15 is 0 Å². The molecule has 6 heteroatoms. The second-order valence-corrected chi connectivity index (χ2v) is 8.61. The van der Waals surface area contributed by atoms with E-state index in [-0.39, 0.29) is 10.8 Å². The minimum Gasteiger partial charge on any atom is -0.242 e. The van der Waals surface area contributed by atoms with Gasteiger partial charge in [-0.25, -0.2) is 24.5 Å². The van der Waals surface area contributed by atoms with E-state index in [1.165, 1.54) is 0 Å². The van der Waals surface area contributed by atoms with Crippen LogP contribution in [0.5, 0.6) is 0 Å². The molecular weight excluding hydrogens is 336 g/mol. The van der Waals surface area contributed by atoms with Gasteiger partial charge in [-0.15, -0.1) is 0 Å². The summed E-state index contributed by atoms with van der Waals surface area (Å²) >= 11 is 0. The summed E-state index contributed by atoms with van der Waals surface area (Å²) in [4.78, 5) is 17.8. The minimum atomic E-state index is -0.208. The highest BCUT2D eigenvalue weighted by molar-refractivity contribution is 5.67. The molecule has 1 aromatic carbocycles. The van der Waals surface area contributed by atoms with Crippen LogP contribution in [0.2, 0.25) is 0 Å². The quantitative estimate of drug-likeness (QED) is 0.612. The maximum absolute atomic E-state index is 7.45. The van der Waals surface area contributed by atoms with Crippen LogP contribution in [0.3, 0.4) is 0 Å². The van der Waals surface area contributed by atoms with Gasteiger partial charge >= 0.3 is 0 Å². The van der Waals surface area contributed by atoms with Crippen molar-refractivity contribution in [2.45, 2.75) is 52.4 Å². The Morgan fingerprint density at radius 3 is 2.00 bits per heavy atom. The van der Waals surface area contributed by atoms with E-state index in [4.69, 9.17) is 21.5 Å². The van der Waals surface area contributed by atoms with E-state index in [2.05, 4.69) is 51.5 Å². The smallest absolute Gasteiger partial charge is 0.190 e. The molecule has 0 bridgehead atoms. The Balaban J connectivity index is 2.24. The van der Waals surface area contributed by atoms with E-state index in [1.807, 2.05) is 24.4 Å². The highest BCUT2D eigenvalue weighted by Crippen LogP contribution is 2.30. The molecule has 0 saturated heterocycles. The fraction of sp³-hybridized carbons (Fsp3) is 0.381. The van der Waals surface area contributed by atoms with Gasteiger partial charge in [0.1, 0.15) is 11.6 Å². The topological polar surface area (TPSA) is 60.9 Å². The van der Waals surface area contributed by atoms with E-state index in [1.54, 1.807) is 16.9 Å². The number of nitrogens with zero attached hydrogens (tertiary/aromatic N) is 6. The molecule has 0 spiro atoms. The van der Waals surface area contributed by atoms with Crippen molar-refractivity contribution in [3.63, 3.8) is 0 Å². The molecule has 3 aromatic rings. The van der Waals surface area contributed by atoms with Gasteiger partial charge in [-0.3, -0.25) is 0 Å². The number of aromatic nitrogens is 5. The zero-order valence-corrected chi connectivity index (χ0v) is 16.6. The molecule has 0 unspecified atom stereocenters. The first-order chi connectivity index (χ1) is 12.6. The molecule has 0 amide bonds. The van der Waals surface area contributed by atoms with Gasteiger partial charge in [0.2, 0.25) is 0 Å². The molecule has 2 aromatic heterocycles. The Hall–Kier alpha value is -3.07. The van der Waals surface area contributed by atoms with Crippen molar-refractivity contribution in [3.8, 4) is 17.1 Å². The Morgan fingerprint density at radius 1 is 0.889 bits per heavy atom. The molecule has 6 nitrogen and oxygen atoms in total. The second-order valence-electron chi connectivity index (χ2n) is 8.61. The first-order valence-corrected chi connectivity index (χ1v) is 8.88. The first-order valence-electron chi connectivity index (χ1n) is 8.88. The van der Waals surface area contributed by atoms with Crippen LogP contribution in [0.1, 0.15) is 53.2 Å². The van der Waals surface area contributed by atoms with Crippen molar-refractivity contribution in [2.24, 2.45) is 0 Å². The summed E-state index contributed by atoms with van der Waals surface area (Å²) in [6.45, 7) is 20.0. The molecule has 0 saturated carbocycles. The maximum atomic E-state index is 7.45. The number of hydrogen-bond donors (Lipinski definition) is 0. The van der Waals surface area contributed by atoms with Crippen molar-refractivity contribution in [3.05, 3.63) is 59.7 Å². The fourth-order valence-corrected chi connectivity index (χ4v) is 2.52. The third-order valence-electron chi connectivity index (χ3n) is 4.04. The van der Waals surface area contributed by atoms with Crippen molar-refractivity contribution >= 4 is 5.69 Å². The van der Waals surface area contributed by atoms with Crippen LogP contribution in [0, 0.1) is 6.57 Å². The predicted molar refractivity (Wildman–Crippen MR) is 106 cm³/mol. The number of rotatable bonds is 2. The number of hydrogen-bond acceptors (Lipinski definition) is 4. The van der Waals surface area contributed by atoms with Crippen LogP contribution in [0.15, 0.2) is 36.7 Å². The minimum absolute atomic E-state index is 0.208. The van der Waals surface area contributed by atoms with Gasteiger partial charge in [0.25, 0.3) is 0 Å². The molecule has 0 aliphatic rings. The second kappa shape index (κ2) is 6.58. The normalized spacial score (nSPS) is 12.0. The molecule has 0 N–H and O–H groups in total. The largest absolute Gasteiger partial charge is 0.242 e. The molecule has 138 valence electrons. The van der Waals surface area contributed by atoms with Gasteiger partial charge in [0.05, 0.1) is 12.3 Å². The zero-order chi connectivity index (χ0) is 19.8. The monoisotopic (exact) mass is 360 g/mol. The fourth-order valence-electron chi connectivity index (χ4n) is 2.52. The molecule has 0 fully saturated rings. The summed E-state index contributed by atoms with van der Waals surface area (Å²) in [5.74, 6) is 2.07. The van der Waals surface area contributed by atoms with Gasteiger partial charge in [0, 0.05) is 28.8 Å².